The smallest absolute Gasteiger partial charge is 0.147 e. The normalized spacial score (nSPS) is 15.2. The summed E-state index contributed by atoms with van der Waals surface area (Å²) < 4.78 is 0. The largest absolute Gasteiger partial charge is 0.355 e. The first-order valence-corrected chi connectivity index (χ1v) is 9.34. The van der Waals surface area contributed by atoms with Crippen LogP contribution in [0.2, 0.25) is 0 Å². The SMILES string of the molecule is NC1CCN(c2cncc(-c3n[nH]c4ccc(-c5cncnc5)cc34)n2)CC1. The molecule has 28 heavy (non-hydrogen) atoms. The summed E-state index contributed by atoms with van der Waals surface area (Å²) in [5.74, 6) is 0.869. The van der Waals surface area contributed by atoms with Gasteiger partial charge >= 0.3 is 0 Å². The summed E-state index contributed by atoms with van der Waals surface area (Å²) in [6.45, 7) is 1.80. The number of fused-ring (bicyclic) bond motifs is 1. The molecule has 8 heteroatoms. The number of H-pyrrole nitrogens is 1. The van der Waals surface area contributed by atoms with E-state index >= 15 is 0 Å². The quantitative estimate of drug-likeness (QED) is 0.568. The Balaban J connectivity index is 1.53. The minimum atomic E-state index is 0.281. The van der Waals surface area contributed by atoms with Crippen LogP contribution in [0.5, 0.6) is 0 Å². The van der Waals surface area contributed by atoms with Crippen LogP contribution in [0.4, 0.5) is 5.82 Å². The molecule has 1 aromatic carbocycles. The highest BCUT2D eigenvalue weighted by molar-refractivity contribution is 5.94. The van der Waals surface area contributed by atoms with Crippen LogP contribution in [0.25, 0.3) is 33.4 Å². The second-order valence-corrected chi connectivity index (χ2v) is 7.05. The first kappa shape index (κ1) is 16.8. The molecule has 0 amide bonds. The fraction of sp³-hybridized carbons (Fsp3) is 0.250. The van der Waals surface area contributed by atoms with Crippen molar-refractivity contribution in [1.29, 1.82) is 0 Å². The molecule has 0 saturated carbocycles. The third kappa shape index (κ3) is 3.07. The van der Waals surface area contributed by atoms with Crippen LogP contribution in [-0.2, 0) is 0 Å². The monoisotopic (exact) mass is 372 g/mol. The standard InChI is InChI=1S/C20H20N8/c21-15-3-5-28(6-4-15)19-11-22-10-18(25-19)20-16-7-13(1-2-17(16)26-27-20)14-8-23-12-24-9-14/h1-2,7-12,15H,3-6,21H2,(H,26,27). The molecule has 3 aromatic heterocycles. The van der Waals surface area contributed by atoms with Crippen LogP contribution in [0.1, 0.15) is 12.8 Å². The summed E-state index contributed by atoms with van der Waals surface area (Å²) in [6, 6.07) is 6.41. The predicted molar refractivity (Wildman–Crippen MR) is 108 cm³/mol. The molecule has 1 aliphatic heterocycles. The molecule has 1 saturated heterocycles. The zero-order chi connectivity index (χ0) is 18.9. The van der Waals surface area contributed by atoms with Crippen LogP contribution in [0.15, 0.2) is 49.3 Å². The van der Waals surface area contributed by atoms with Gasteiger partial charge in [0.2, 0.25) is 0 Å². The number of aromatic nitrogens is 6. The van der Waals surface area contributed by atoms with Crippen molar-refractivity contribution in [3.8, 4) is 22.5 Å². The van der Waals surface area contributed by atoms with Crippen molar-refractivity contribution in [2.45, 2.75) is 18.9 Å². The second-order valence-electron chi connectivity index (χ2n) is 7.05. The van der Waals surface area contributed by atoms with Crippen LogP contribution < -0.4 is 10.6 Å². The predicted octanol–water partition coefficient (Wildman–Crippen LogP) is 2.40. The van der Waals surface area contributed by atoms with E-state index in [-0.39, 0.29) is 6.04 Å². The Labute approximate surface area is 161 Å². The maximum atomic E-state index is 6.02. The molecule has 8 nitrogen and oxygen atoms in total. The van der Waals surface area contributed by atoms with Gasteiger partial charge in [0.25, 0.3) is 0 Å². The number of piperidine rings is 1. The molecular formula is C20H20N8. The van der Waals surface area contributed by atoms with Gasteiger partial charge in [-0.2, -0.15) is 5.10 Å². The molecule has 0 bridgehead atoms. The van der Waals surface area contributed by atoms with Gasteiger partial charge in [-0.1, -0.05) is 6.07 Å². The fourth-order valence-corrected chi connectivity index (χ4v) is 3.59. The van der Waals surface area contributed by atoms with Crippen molar-refractivity contribution in [2.75, 3.05) is 18.0 Å². The van der Waals surface area contributed by atoms with Crippen LogP contribution in [0.3, 0.4) is 0 Å². The number of rotatable bonds is 3. The molecule has 0 spiro atoms. The Kier molecular flexibility index (Phi) is 4.17. The van der Waals surface area contributed by atoms with E-state index in [4.69, 9.17) is 10.7 Å². The average Bonchev–Trinajstić information content (AvgIpc) is 3.18. The Hall–Kier alpha value is -3.39. The van der Waals surface area contributed by atoms with Gasteiger partial charge in [-0.3, -0.25) is 10.1 Å². The molecule has 0 atom stereocenters. The summed E-state index contributed by atoms with van der Waals surface area (Å²) in [4.78, 5) is 19.7. The molecule has 4 heterocycles. The Bertz CT molecular complexity index is 1100. The number of hydrogen-bond acceptors (Lipinski definition) is 7. The Morgan fingerprint density at radius 3 is 2.61 bits per heavy atom. The van der Waals surface area contributed by atoms with E-state index in [2.05, 4.69) is 36.1 Å². The van der Waals surface area contributed by atoms with Gasteiger partial charge in [-0.15, -0.1) is 0 Å². The molecule has 140 valence electrons. The van der Waals surface area contributed by atoms with Gasteiger partial charge in [0, 0.05) is 42.5 Å². The highest BCUT2D eigenvalue weighted by atomic mass is 15.2. The van der Waals surface area contributed by atoms with Gasteiger partial charge in [-0.05, 0) is 30.5 Å². The highest BCUT2D eigenvalue weighted by Crippen LogP contribution is 2.30. The van der Waals surface area contributed by atoms with E-state index in [1.165, 1.54) is 6.33 Å². The molecule has 0 unspecified atom stereocenters. The zero-order valence-corrected chi connectivity index (χ0v) is 15.3. The minimum absolute atomic E-state index is 0.281. The topological polar surface area (TPSA) is 110 Å². The van der Waals surface area contributed by atoms with Crippen LogP contribution in [-0.4, -0.2) is 49.3 Å². The van der Waals surface area contributed by atoms with Gasteiger partial charge in [-0.25, -0.2) is 15.0 Å². The molecule has 3 N–H and O–H groups in total. The van der Waals surface area contributed by atoms with E-state index in [9.17, 15) is 0 Å². The number of nitrogens with zero attached hydrogens (tertiary/aromatic N) is 6. The maximum Gasteiger partial charge on any atom is 0.147 e. The third-order valence-electron chi connectivity index (χ3n) is 5.18. The van der Waals surface area contributed by atoms with Gasteiger partial charge in [0.15, 0.2) is 0 Å². The second kappa shape index (κ2) is 6.97. The van der Waals surface area contributed by atoms with Crippen molar-refractivity contribution in [2.24, 2.45) is 5.73 Å². The molecule has 5 rings (SSSR count). The number of benzene rings is 1. The van der Waals surface area contributed by atoms with Crippen molar-refractivity contribution >= 4 is 16.7 Å². The number of anilines is 1. The van der Waals surface area contributed by atoms with Gasteiger partial charge in [0.1, 0.15) is 23.5 Å². The number of hydrogen-bond donors (Lipinski definition) is 2. The summed E-state index contributed by atoms with van der Waals surface area (Å²) in [5, 5.41) is 8.59. The van der Waals surface area contributed by atoms with Crippen molar-refractivity contribution < 1.29 is 0 Å². The van der Waals surface area contributed by atoms with Crippen molar-refractivity contribution in [3.63, 3.8) is 0 Å². The molecule has 0 radical (unpaired) electrons. The number of nitrogens with two attached hydrogens (primary N) is 1. The zero-order valence-electron chi connectivity index (χ0n) is 15.3. The lowest BCUT2D eigenvalue weighted by atomic mass is 10.0. The maximum absolute atomic E-state index is 6.02. The molecular weight excluding hydrogens is 352 g/mol. The van der Waals surface area contributed by atoms with E-state index in [1.54, 1.807) is 18.6 Å². The van der Waals surface area contributed by atoms with E-state index < -0.39 is 0 Å². The number of nitrogens with one attached hydrogen (secondary N) is 1. The highest BCUT2D eigenvalue weighted by Gasteiger charge is 2.19. The third-order valence-corrected chi connectivity index (χ3v) is 5.18. The Morgan fingerprint density at radius 1 is 0.964 bits per heavy atom. The molecule has 1 fully saturated rings. The Morgan fingerprint density at radius 2 is 1.79 bits per heavy atom. The lowest BCUT2D eigenvalue weighted by Gasteiger charge is -2.30. The van der Waals surface area contributed by atoms with Gasteiger partial charge in [0.05, 0.1) is 17.9 Å². The fourth-order valence-electron chi connectivity index (χ4n) is 3.59. The first-order chi connectivity index (χ1) is 13.8. The lowest BCUT2D eigenvalue weighted by Crippen LogP contribution is -2.40. The molecule has 0 aliphatic carbocycles. The first-order valence-electron chi connectivity index (χ1n) is 9.34. The summed E-state index contributed by atoms with van der Waals surface area (Å²) in [7, 11) is 0. The summed E-state index contributed by atoms with van der Waals surface area (Å²) in [5.41, 5.74) is 10.5. The average molecular weight is 372 g/mol. The van der Waals surface area contributed by atoms with Crippen molar-refractivity contribution in [1.82, 2.24) is 30.1 Å². The van der Waals surface area contributed by atoms with E-state index in [0.29, 0.717) is 0 Å². The minimum Gasteiger partial charge on any atom is -0.355 e. The van der Waals surface area contributed by atoms with E-state index in [0.717, 1.165) is 65.2 Å². The summed E-state index contributed by atoms with van der Waals surface area (Å²) >= 11 is 0. The molecule has 1 aliphatic rings. The molecule has 4 aromatic rings. The van der Waals surface area contributed by atoms with E-state index in [1.807, 2.05) is 18.3 Å². The lowest BCUT2D eigenvalue weighted by molar-refractivity contribution is 0.498. The van der Waals surface area contributed by atoms with Crippen LogP contribution in [0, 0.1) is 0 Å². The summed E-state index contributed by atoms with van der Waals surface area (Å²) in [6.07, 6.45) is 10.6. The number of aromatic amines is 1. The van der Waals surface area contributed by atoms with Crippen LogP contribution >= 0.6 is 0 Å². The van der Waals surface area contributed by atoms with Crippen molar-refractivity contribution in [3.05, 3.63) is 49.3 Å². The van der Waals surface area contributed by atoms with Gasteiger partial charge < -0.3 is 10.6 Å².